The lowest BCUT2D eigenvalue weighted by Gasteiger charge is -2.29. The molecular formula is C15H17BrN2O2. The summed E-state index contributed by atoms with van der Waals surface area (Å²) in [7, 11) is 0. The molecule has 0 atom stereocenters. The highest BCUT2D eigenvalue weighted by molar-refractivity contribution is 9.10. The van der Waals surface area contributed by atoms with Gasteiger partial charge in [-0.15, -0.1) is 0 Å². The predicted molar refractivity (Wildman–Crippen MR) is 81.6 cm³/mol. The summed E-state index contributed by atoms with van der Waals surface area (Å²) in [6.45, 7) is 2.60. The number of carboxylic acid groups (broad SMARTS) is 1. The van der Waals surface area contributed by atoms with Gasteiger partial charge in [-0.25, -0.2) is 0 Å². The number of halogens is 1. The number of nitrogens with one attached hydrogen (secondary N) is 1. The first kappa shape index (κ1) is 13.6. The Morgan fingerprint density at radius 1 is 1.40 bits per heavy atom. The summed E-state index contributed by atoms with van der Waals surface area (Å²) in [5.74, 6) is -0.816. The molecule has 1 saturated heterocycles. The Kier molecular flexibility index (Phi) is 3.81. The molecule has 0 spiro atoms. The molecular weight excluding hydrogens is 320 g/mol. The van der Waals surface area contributed by atoms with Gasteiger partial charge in [0, 0.05) is 28.1 Å². The van der Waals surface area contributed by atoms with Gasteiger partial charge in [0.25, 0.3) is 0 Å². The minimum Gasteiger partial charge on any atom is -0.481 e. The van der Waals surface area contributed by atoms with E-state index in [0.29, 0.717) is 0 Å². The Morgan fingerprint density at radius 2 is 2.15 bits per heavy atom. The summed E-state index contributed by atoms with van der Waals surface area (Å²) in [5.41, 5.74) is 2.42. The maximum absolute atomic E-state index is 11.0. The quantitative estimate of drug-likeness (QED) is 0.904. The third-order valence-corrected chi connectivity index (χ3v) is 4.55. The average Bonchev–Trinajstić information content (AvgIpc) is 2.82. The van der Waals surface area contributed by atoms with Crippen molar-refractivity contribution in [2.75, 3.05) is 13.1 Å². The van der Waals surface area contributed by atoms with Gasteiger partial charge >= 0.3 is 5.97 Å². The SMILES string of the molecule is O=C(O)C1CCN(Cc2c[nH]c3ccc(Br)cc23)CC1. The molecule has 0 saturated carbocycles. The van der Waals surface area contributed by atoms with Crippen LogP contribution in [0.1, 0.15) is 18.4 Å². The molecule has 2 N–H and O–H groups in total. The van der Waals surface area contributed by atoms with Crippen molar-refractivity contribution in [2.24, 2.45) is 5.92 Å². The smallest absolute Gasteiger partial charge is 0.306 e. The zero-order chi connectivity index (χ0) is 14.1. The molecule has 1 aromatic carbocycles. The van der Waals surface area contributed by atoms with Crippen molar-refractivity contribution in [1.29, 1.82) is 0 Å². The number of nitrogens with zero attached hydrogens (tertiary/aromatic N) is 1. The third kappa shape index (κ3) is 2.74. The Bertz CT molecular complexity index is 630. The first-order valence-electron chi connectivity index (χ1n) is 6.84. The van der Waals surface area contributed by atoms with Crippen LogP contribution in [0.25, 0.3) is 10.9 Å². The fourth-order valence-corrected chi connectivity index (χ4v) is 3.22. The lowest BCUT2D eigenvalue weighted by Crippen LogP contribution is -2.35. The van der Waals surface area contributed by atoms with Gasteiger partial charge in [0.05, 0.1) is 5.92 Å². The van der Waals surface area contributed by atoms with Crippen molar-refractivity contribution < 1.29 is 9.90 Å². The molecule has 1 aliphatic rings. The van der Waals surface area contributed by atoms with Crippen LogP contribution in [0.5, 0.6) is 0 Å². The molecule has 3 rings (SSSR count). The van der Waals surface area contributed by atoms with Crippen molar-refractivity contribution in [3.05, 3.63) is 34.4 Å². The molecule has 2 heterocycles. The van der Waals surface area contributed by atoms with Crippen molar-refractivity contribution in [3.63, 3.8) is 0 Å². The fourth-order valence-electron chi connectivity index (χ4n) is 2.86. The monoisotopic (exact) mass is 336 g/mol. The molecule has 1 aliphatic heterocycles. The van der Waals surface area contributed by atoms with E-state index in [9.17, 15) is 4.79 Å². The van der Waals surface area contributed by atoms with Gasteiger partial charge < -0.3 is 10.1 Å². The van der Waals surface area contributed by atoms with Gasteiger partial charge in [-0.2, -0.15) is 0 Å². The summed E-state index contributed by atoms with van der Waals surface area (Å²) in [6, 6.07) is 6.23. The third-order valence-electron chi connectivity index (χ3n) is 4.06. The number of hydrogen-bond acceptors (Lipinski definition) is 2. The van der Waals surface area contributed by atoms with E-state index in [2.05, 4.69) is 44.1 Å². The Labute approximate surface area is 125 Å². The normalized spacial score (nSPS) is 17.6. The standard InChI is InChI=1S/C15H17BrN2O2/c16-12-1-2-14-13(7-12)11(8-17-14)9-18-5-3-10(4-6-18)15(19)20/h1-2,7-8,10,17H,3-6,9H2,(H,19,20). The first-order chi connectivity index (χ1) is 9.63. The molecule has 20 heavy (non-hydrogen) atoms. The van der Waals surface area contributed by atoms with E-state index in [1.54, 1.807) is 0 Å². The van der Waals surface area contributed by atoms with Gasteiger partial charge in [0.1, 0.15) is 0 Å². The highest BCUT2D eigenvalue weighted by Gasteiger charge is 2.24. The minimum atomic E-state index is -0.652. The number of carboxylic acids is 1. The zero-order valence-electron chi connectivity index (χ0n) is 11.1. The van der Waals surface area contributed by atoms with E-state index in [1.807, 2.05) is 6.07 Å². The molecule has 5 heteroatoms. The second-order valence-electron chi connectivity index (χ2n) is 5.39. The van der Waals surface area contributed by atoms with Crippen molar-refractivity contribution in [1.82, 2.24) is 9.88 Å². The van der Waals surface area contributed by atoms with Gasteiger partial charge in [0.2, 0.25) is 0 Å². The minimum absolute atomic E-state index is 0.164. The summed E-state index contributed by atoms with van der Waals surface area (Å²) in [4.78, 5) is 16.6. The van der Waals surface area contributed by atoms with Crippen LogP contribution in [0, 0.1) is 5.92 Å². The van der Waals surface area contributed by atoms with Crippen LogP contribution in [0.4, 0.5) is 0 Å². The number of fused-ring (bicyclic) bond motifs is 1. The number of carbonyl (C=O) groups is 1. The van der Waals surface area contributed by atoms with E-state index < -0.39 is 5.97 Å². The maximum atomic E-state index is 11.0. The van der Waals surface area contributed by atoms with Crippen molar-refractivity contribution >= 4 is 32.8 Å². The van der Waals surface area contributed by atoms with E-state index in [1.165, 1.54) is 10.9 Å². The van der Waals surface area contributed by atoms with Crippen molar-refractivity contribution in [3.8, 4) is 0 Å². The van der Waals surface area contributed by atoms with E-state index in [-0.39, 0.29) is 5.92 Å². The molecule has 4 nitrogen and oxygen atoms in total. The van der Waals surface area contributed by atoms with Crippen LogP contribution in [0.2, 0.25) is 0 Å². The number of benzene rings is 1. The van der Waals surface area contributed by atoms with Crippen LogP contribution in [0.15, 0.2) is 28.9 Å². The number of piperidine rings is 1. The Balaban J connectivity index is 1.71. The molecule has 0 amide bonds. The van der Waals surface area contributed by atoms with Gasteiger partial charge in [-0.05, 0) is 49.7 Å². The fraction of sp³-hybridized carbons (Fsp3) is 0.400. The topological polar surface area (TPSA) is 56.3 Å². The zero-order valence-corrected chi connectivity index (χ0v) is 12.7. The van der Waals surface area contributed by atoms with E-state index >= 15 is 0 Å². The van der Waals surface area contributed by atoms with Gasteiger partial charge in [0.15, 0.2) is 0 Å². The summed E-state index contributed by atoms with van der Waals surface area (Å²) < 4.78 is 1.08. The summed E-state index contributed by atoms with van der Waals surface area (Å²) >= 11 is 3.51. The van der Waals surface area contributed by atoms with E-state index in [4.69, 9.17) is 5.11 Å². The average molecular weight is 337 g/mol. The molecule has 2 aromatic rings. The van der Waals surface area contributed by atoms with Crippen LogP contribution >= 0.6 is 15.9 Å². The molecule has 1 fully saturated rings. The molecule has 0 aliphatic carbocycles. The Hall–Kier alpha value is -1.33. The van der Waals surface area contributed by atoms with Crippen molar-refractivity contribution in [2.45, 2.75) is 19.4 Å². The predicted octanol–water partition coefficient (Wildman–Crippen LogP) is 3.23. The lowest BCUT2D eigenvalue weighted by atomic mass is 9.97. The number of aromatic nitrogens is 1. The molecule has 106 valence electrons. The molecule has 0 unspecified atom stereocenters. The van der Waals surface area contributed by atoms with Crippen LogP contribution in [-0.2, 0) is 11.3 Å². The van der Waals surface area contributed by atoms with Crippen LogP contribution in [-0.4, -0.2) is 34.0 Å². The van der Waals surface area contributed by atoms with Crippen LogP contribution in [0.3, 0.4) is 0 Å². The molecule has 0 radical (unpaired) electrons. The van der Waals surface area contributed by atoms with Gasteiger partial charge in [-0.1, -0.05) is 15.9 Å². The molecule has 1 aromatic heterocycles. The number of aliphatic carboxylic acids is 1. The number of likely N-dealkylation sites (tertiary alicyclic amines) is 1. The first-order valence-corrected chi connectivity index (χ1v) is 7.63. The summed E-state index contributed by atoms with van der Waals surface area (Å²) in [5, 5.41) is 10.3. The number of rotatable bonds is 3. The van der Waals surface area contributed by atoms with Crippen LogP contribution < -0.4 is 0 Å². The second kappa shape index (κ2) is 5.58. The lowest BCUT2D eigenvalue weighted by molar-refractivity contribution is -0.143. The van der Waals surface area contributed by atoms with E-state index in [0.717, 1.165) is 42.5 Å². The summed E-state index contributed by atoms with van der Waals surface area (Å²) in [6.07, 6.45) is 3.56. The highest BCUT2D eigenvalue weighted by Crippen LogP contribution is 2.25. The Morgan fingerprint density at radius 3 is 2.85 bits per heavy atom. The number of aromatic amines is 1. The number of H-pyrrole nitrogens is 1. The largest absolute Gasteiger partial charge is 0.481 e. The second-order valence-corrected chi connectivity index (χ2v) is 6.31. The maximum Gasteiger partial charge on any atom is 0.306 e. The molecule has 0 bridgehead atoms. The number of hydrogen-bond donors (Lipinski definition) is 2. The van der Waals surface area contributed by atoms with Gasteiger partial charge in [-0.3, -0.25) is 9.69 Å². The highest BCUT2D eigenvalue weighted by atomic mass is 79.9.